The molecule has 0 radical (unpaired) electrons. The van der Waals surface area contributed by atoms with Crippen LogP contribution < -0.4 is 0 Å². The Hall–Kier alpha value is -0.790. The van der Waals surface area contributed by atoms with Crippen molar-refractivity contribution in [2.24, 2.45) is 5.92 Å². The third-order valence-corrected chi connectivity index (χ3v) is 1.90. The molecule has 0 bridgehead atoms. The van der Waals surface area contributed by atoms with Crippen molar-refractivity contribution in [1.29, 1.82) is 0 Å². The molecule has 1 heterocycles. The van der Waals surface area contributed by atoms with Gasteiger partial charge in [-0.15, -0.1) is 0 Å². The quantitative estimate of drug-likeness (QED) is 0.568. The molecule has 11 heavy (non-hydrogen) atoms. The van der Waals surface area contributed by atoms with Crippen LogP contribution in [0.4, 0.5) is 0 Å². The van der Waals surface area contributed by atoms with Crippen LogP contribution in [-0.2, 0) is 9.53 Å². The average Bonchev–Trinajstić information content (AvgIpc) is 2.17. The number of rotatable bonds is 2. The monoisotopic (exact) mass is 154 g/mol. The zero-order valence-corrected chi connectivity index (χ0v) is 6.88. The predicted octanol–water partition coefficient (Wildman–Crippen LogP) is 1.91. The molecule has 0 aromatic heterocycles. The molecular weight excluding hydrogens is 140 g/mol. The standard InChI is InChI=1S/C9H14O2/c1-2-3-8-4-5-9(10)11-7-6-8/h4-5,8H,2-3,6-7H2,1H3. The second-order valence-corrected chi connectivity index (χ2v) is 2.86. The van der Waals surface area contributed by atoms with Crippen LogP contribution in [0.2, 0.25) is 0 Å². The fraction of sp³-hybridized carbons (Fsp3) is 0.667. The fourth-order valence-corrected chi connectivity index (χ4v) is 1.28. The lowest BCUT2D eigenvalue weighted by Crippen LogP contribution is -2.01. The van der Waals surface area contributed by atoms with E-state index in [9.17, 15) is 4.79 Å². The Morgan fingerprint density at radius 3 is 3.27 bits per heavy atom. The summed E-state index contributed by atoms with van der Waals surface area (Å²) in [4.78, 5) is 10.7. The van der Waals surface area contributed by atoms with Crippen molar-refractivity contribution in [3.8, 4) is 0 Å². The molecule has 0 aromatic rings. The minimum atomic E-state index is -0.191. The van der Waals surface area contributed by atoms with Crippen molar-refractivity contribution in [1.82, 2.24) is 0 Å². The summed E-state index contributed by atoms with van der Waals surface area (Å²) < 4.78 is 4.85. The van der Waals surface area contributed by atoms with Gasteiger partial charge in [-0.2, -0.15) is 0 Å². The highest BCUT2D eigenvalue weighted by atomic mass is 16.5. The first kappa shape index (κ1) is 8.31. The van der Waals surface area contributed by atoms with Crippen molar-refractivity contribution in [2.75, 3.05) is 6.61 Å². The summed E-state index contributed by atoms with van der Waals surface area (Å²) in [5.74, 6) is 0.357. The van der Waals surface area contributed by atoms with Crippen molar-refractivity contribution in [3.63, 3.8) is 0 Å². The van der Waals surface area contributed by atoms with Gasteiger partial charge >= 0.3 is 5.97 Å². The molecule has 0 spiro atoms. The molecule has 1 aliphatic rings. The number of hydrogen-bond donors (Lipinski definition) is 0. The van der Waals surface area contributed by atoms with E-state index in [-0.39, 0.29) is 5.97 Å². The molecule has 0 amide bonds. The smallest absolute Gasteiger partial charge is 0.330 e. The first-order valence-corrected chi connectivity index (χ1v) is 4.18. The van der Waals surface area contributed by atoms with Gasteiger partial charge in [-0.1, -0.05) is 19.4 Å². The zero-order valence-electron chi connectivity index (χ0n) is 6.88. The molecule has 1 atom stereocenters. The van der Waals surface area contributed by atoms with Crippen LogP contribution in [0, 0.1) is 5.92 Å². The van der Waals surface area contributed by atoms with E-state index in [1.807, 2.05) is 6.08 Å². The highest BCUT2D eigenvalue weighted by Crippen LogP contribution is 2.15. The molecule has 2 heteroatoms. The first-order chi connectivity index (χ1) is 5.33. The van der Waals surface area contributed by atoms with E-state index in [0.29, 0.717) is 12.5 Å². The third kappa shape index (κ3) is 2.74. The minimum Gasteiger partial charge on any atom is -0.463 e. The Kier molecular flexibility index (Phi) is 3.14. The van der Waals surface area contributed by atoms with Crippen LogP contribution in [0.15, 0.2) is 12.2 Å². The molecular formula is C9H14O2. The van der Waals surface area contributed by atoms with Crippen LogP contribution in [0.25, 0.3) is 0 Å². The molecule has 0 saturated heterocycles. The fourth-order valence-electron chi connectivity index (χ4n) is 1.28. The Bertz CT molecular complexity index is 161. The molecule has 0 fully saturated rings. The second kappa shape index (κ2) is 4.16. The van der Waals surface area contributed by atoms with E-state index in [1.54, 1.807) is 6.08 Å². The van der Waals surface area contributed by atoms with Gasteiger partial charge in [0.05, 0.1) is 6.61 Å². The first-order valence-electron chi connectivity index (χ1n) is 4.18. The van der Waals surface area contributed by atoms with Gasteiger partial charge in [0, 0.05) is 6.08 Å². The lowest BCUT2D eigenvalue weighted by atomic mass is 10.0. The lowest BCUT2D eigenvalue weighted by molar-refractivity contribution is -0.137. The summed E-state index contributed by atoms with van der Waals surface area (Å²) in [6.07, 6.45) is 6.83. The third-order valence-electron chi connectivity index (χ3n) is 1.90. The summed E-state index contributed by atoms with van der Waals surface area (Å²) in [6, 6.07) is 0. The normalized spacial score (nSPS) is 24.5. The molecule has 62 valence electrons. The Morgan fingerprint density at radius 2 is 2.55 bits per heavy atom. The number of carbonyl (C=O) groups excluding carboxylic acids is 1. The van der Waals surface area contributed by atoms with Crippen LogP contribution >= 0.6 is 0 Å². The molecule has 1 rings (SSSR count). The molecule has 0 N–H and O–H groups in total. The molecule has 0 saturated carbocycles. The van der Waals surface area contributed by atoms with E-state index >= 15 is 0 Å². The van der Waals surface area contributed by atoms with Crippen molar-refractivity contribution in [2.45, 2.75) is 26.2 Å². The Balaban J connectivity index is 2.42. The number of allylic oxidation sites excluding steroid dienone is 1. The van der Waals surface area contributed by atoms with Crippen molar-refractivity contribution in [3.05, 3.63) is 12.2 Å². The van der Waals surface area contributed by atoms with Crippen LogP contribution in [0.3, 0.4) is 0 Å². The lowest BCUT2D eigenvalue weighted by Gasteiger charge is -2.06. The number of carbonyl (C=O) groups is 1. The molecule has 0 aromatic carbocycles. The van der Waals surface area contributed by atoms with Crippen molar-refractivity contribution < 1.29 is 9.53 Å². The van der Waals surface area contributed by atoms with E-state index in [1.165, 1.54) is 6.42 Å². The second-order valence-electron chi connectivity index (χ2n) is 2.86. The van der Waals surface area contributed by atoms with E-state index < -0.39 is 0 Å². The maximum Gasteiger partial charge on any atom is 0.330 e. The van der Waals surface area contributed by atoms with Gasteiger partial charge < -0.3 is 4.74 Å². The topological polar surface area (TPSA) is 26.3 Å². The van der Waals surface area contributed by atoms with E-state index in [4.69, 9.17) is 4.74 Å². The van der Waals surface area contributed by atoms with Gasteiger partial charge in [0.15, 0.2) is 0 Å². The zero-order chi connectivity index (χ0) is 8.10. The number of hydrogen-bond acceptors (Lipinski definition) is 2. The molecule has 2 nitrogen and oxygen atoms in total. The maximum absolute atomic E-state index is 10.7. The summed E-state index contributed by atoms with van der Waals surface area (Å²) in [7, 11) is 0. The molecule has 0 aliphatic carbocycles. The SMILES string of the molecule is CCCC1C=CC(=O)OCC1. The molecule has 1 unspecified atom stereocenters. The number of cyclic esters (lactones) is 1. The average molecular weight is 154 g/mol. The van der Waals surface area contributed by atoms with Gasteiger partial charge in [-0.3, -0.25) is 0 Å². The van der Waals surface area contributed by atoms with Crippen LogP contribution in [-0.4, -0.2) is 12.6 Å². The number of esters is 1. The predicted molar refractivity (Wildman–Crippen MR) is 43.1 cm³/mol. The van der Waals surface area contributed by atoms with Crippen LogP contribution in [0.5, 0.6) is 0 Å². The summed E-state index contributed by atoms with van der Waals surface area (Å²) >= 11 is 0. The van der Waals surface area contributed by atoms with E-state index in [0.717, 1.165) is 12.8 Å². The largest absolute Gasteiger partial charge is 0.463 e. The highest BCUT2D eigenvalue weighted by molar-refractivity contribution is 5.82. The highest BCUT2D eigenvalue weighted by Gasteiger charge is 2.09. The Morgan fingerprint density at radius 1 is 1.73 bits per heavy atom. The summed E-state index contributed by atoms with van der Waals surface area (Å²) in [5, 5.41) is 0. The Labute approximate surface area is 67.2 Å². The van der Waals surface area contributed by atoms with Crippen molar-refractivity contribution >= 4 is 5.97 Å². The summed E-state index contributed by atoms with van der Waals surface area (Å²) in [5.41, 5.74) is 0. The van der Waals surface area contributed by atoms with Gasteiger partial charge in [0.25, 0.3) is 0 Å². The number of ether oxygens (including phenoxy) is 1. The molecule has 1 aliphatic heterocycles. The van der Waals surface area contributed by atoms with E-state index in [2.05, 4.69) is 6.92 Å². The van der Waals surface area contributed by atoms with Gasteiger partial charge in [-0.05, 0) is 18.8 Å². The van der Waals surface area contributed by atoms with Gasteiger partial charge in [0.2, 0.25) is 0 Å². The van der Waals surface area contributed by atoms with Gasteiger partial charge in [-0.25, -0.2) is 4.79 Å². The van der Waals surface area contributed by atoms with Gasteiger partial charge in [0.1, 0.15) is 0 Å². The maximum atomic E-state index is 10.7. The van der Waals surface area contributed by atoms with Crippen LogP contribution in [0.1, 0.15) is 26.2 Å². The minimum absolute atomic E-state index is 0.191. The summed E-state index contributed by atoms with van der Waals surface area (Å²) in [6.45, 7) is 2.73.